The van der Waals surface area contributed by atoms with Gasteiger partial charge in [-0.2, -0.15) is 0 Å². The van der Waals surface area contributed by atoms with E-state index in [-0.39, 0.29) is 0 Å². The molecule has 0 N–H and O–H groups in total. The highest BCUT2D eigenvalue weighted by Crippen LogP contribution is 2.17. The first-order valence-corrected chi connectivity index (χ1v) is 16.5. The Morgan fingerprint density at radius 1 is 0.295 bits per heavy atom. The molecule has 0 aliphatic heterocycles. The fourth-order valence-corrected chi connectivity index (χ4v) is 6.07. The van der Waals surface area contributed by atoms with Gasteiger partial charge in [-0.25, -0.2) is 0 Å². The van der Waals surface area contributed by atoms with Crippen LogP contribution in [0.25, 0.3) is 0 Å². The molecule has 2 heteroatoms. The topological polar surface area (TPSA) is 6.48 Å². The van der Waals surface area contributed by atoms with Crippen LogP contribution >= 0.6 is 0 Å². The highest BCUT2D eigenvalue weighted by atomic mass is 15.1. The Balaban J connectivity index is 1.20. The molecule has 0 fully saturated rings. The van der Waals surface area contributed by atoms with Gasteiger partial charge in [-0.05, 0) is 85.0 Å². The summed E-state index contributed by atoms with van der Waals surface area (Å²) in [6.45, 7) is 6.13. The van der Waals surface area contributed by atoms with Gasteiger partial charge in [0.15, 0.2) is 0 Å². The lowest BCUT2D eigenvalue weighted by molar-refractivity contribution is 0.247. The number of hydrogen-bond donors (Lipinski definition) is 0. The third-order valence-corrected chi connectivity index (χ3v) is 8.37. The molecule has 5 rings (SSSR count). The Bertz CT molecular complexity index is 1340. The number of hydrogen-bond acceptors (Lipinski definition) is 2. The van der Waals surface area contributed by atoms with Gasteiger partial charge in [0.2, 0.25) is 0 Å². The molecule has 0 unspecified atom stereocenters. The van der Waals surface area contributed by atoms with Crippen LogP contribution in [0.1, 0.15) is 59.1 Å². The van der Waals surface area contributed by atoms with Crippen molar-refractivity contribution in [3.8, 4) is 0 Å². The first kappa shape index (κ1) is 31.4. The van der Waals surface area contributed by atoms with E-state index in [1.54, 1.807) is 0 Å². The van der Waals surface area contributed by atoms with Gasteiger partial charge in [-0.3, -0.25) is 9.80 Å². The van der Waals surface area contributed by atoms with Crippen molar-refractivity contribution in [3.63, 3.8) is 0 Å². The molecule has 0 atom stereocenters. The molecule has 0 bridgehead atoms. The third kappa shape index (κ3) is 11.3. The highest BCUT2D eigenvalue weighted by Gasteiger charge is 2.11. The van der Waals surface area contributed by atoms with E-state index in [9.17, 15) is 0 Å². The van der Waals surface area contributed by atoms with Crippen LogP contribution in [-0.4, -0.2) is 22.9 Å². The molecule has 0 radical (unpaired) electrons. The SMILES string of the molecule is c1ccc(CCCCN(Cc2ccccc2)Cc2cccc(CN(CCCCc3ccccc3)Cc3ccccc3)c2)cc1. The van der Waals surface area contributed by atoms with Crippen LogP contribution in [0.3, 0.4) is 0 Å². The van der Waals surface area contributed by atoms with Crippen LogP contribution in [0.4, 0.5) is 0 Å². The van der Waals surface area contributed by atoms with Crippen molar-refractivity contribution >= 4 is 0 Å². The molecule has 0 aliphatic rings. The molecule has 2 nitrogen and oxygen atoms in total. The zero-order valence-corrected chi connectivity index (χ0v) is 26.2. The fraction of sp³-hybridized carbons (Fsp3) is 0.286. The molecule has 0 amide bonds. The van der Waals surface area contributed by atoms with Crippen LogP contribution in [0, 0.1) is 0 Å². The van der Waals surface area contributed by atoms with Crippen molar-refractivity contribution < 1.29 is 0 Å². The minimum absolute atomic E-state index is 0.976. The molecule has 0 aliphatic carbocycles. The van der Waals surface area contributed by atoms with E-state index in [2.05, 4.69) is 155 Å². The summed E-state index contributed by atoms with van der Waals surface area (Å²) in [5.74, 6) is 0. The first-order chi connectivity index (χ1) is 21.8. The lowest BCUT2D eigenvalue weighted by Gasteiger charge is -2.25. The predicted molar refractivity (Wildman–Crippen MR) is 186 cm³/mol. The van der Waals surface area contributed by atoms with E-state index in [4.69, 9.17) is 0 Å². The molecule has 0 aromatic heterocycles. The van der Waals surface area contributed by atoms with Gasteiger partial charge in [-0.15, -0.1) is 0 Å². The second kappa shape index (κ2) is 18.0. The summed E-state index contributed by atoms with van der Waals surface area (Å²) < 4.78 is 0. The maximum absolute atomic E-state index is 2.63. The monoisotopic (exact) mass is 580 g/mol. The van der Waals surface area contributed by atoms with Crippen molar-refractivity contribution in [2.45, 2.75) is 64.7 Å². The number of unbranched alkanes of at least 4 members (excludes halogenated alkanes) is 2. The van der Waals surface area contributed by atoms with Crippen molar-refractivity contribution in [2.75, 3.05) is 13.1 Å². The van der Waals surface area contributed by atoms with E-state index < -0.39 is 0 Å². The molecular formula is C42H48N2. The van der Waals surface area contributed by atoms with E-state index in [0.717, 1.165) is 52.1 Å². The molecule has 5 aromatic carbocycles. The number of nitrogens with zero attached hydrogens (tertiary/aromatic N) is 2. The second-order valence-corrected chi connectivity index (χ2v) is 12.1. The molecule has 0 spiro atoms. The van der Waals surface area contributed by atoms with Gasteiger partial charge >= 0.3 is 0 Å². The van der Waals surface area contributed by atoms with Gasteiger partial charge in [-0.1, -0.05) is 146 Å². The molecule has 226 valence electrons. The maximum atomic E-state index is 2.63. The Hall–Kier alpha value is -3.98. The van der Waals surface area contributed by atoms with Crippen LogP contribution in [0.2, 0.25) is 0 Å². The van der Waals surface area contributed by atoms with Crippen molar-refractivity contribution in [2.24, 2.45) is 0 Å². The van der Waals surface area contributed by atoms with Gasteiger partial charge in [0.1, 0.15) is 0 Å². The fourth-order valence-electron chi connectivity index (χ4n) is 6.07. The van der Waals surface area contributed by atoms with Gasteiger partial charge < -0.3 is 0 Å². The Kier molecular flexibility index (Phi) is 12.8. The number of rotatable bonds is 18. The second-order valence-electron chi connectivity index (χ2n) is 12.1. The summed E-state index contributed by atoms with van der Waals surface area (Å²) in [6.07, 6.45) is 7.14. The summed E-state index contributed by atoms with van der Waals surface area (Å²) in [5.41, 5.74) is 8.47. The van der Waals surface area contributed by atoms with E-state index in [1.165, 1.54) is 59.1 Å². The van der Waals surface area contributed by atoms with E-state index in [1.807, 2.05) is 0 Å². The van der Waals surface area contributed by atoms with Crippen LogP contribution < -0.4 is 0 Å². The summed E-state index contributed by atoms with van der Waals surface area (Å²) in [7, 11) is 0. The molecule has 44 heavy (non-hydrogen) atoms. The first-order valence-electron chi connectivity index (χ1n) is 16.5. The zero-order valence-electron chi connectivity index (χ0n) is 26.2. The lowest BCUT2D eigenvalue weighted by atomic mass is 10.1. The summed E-state index contributed by atoms with van der Waals surface area (Å²) >= 11 is 0. The molecule has 0 heterocycles. The van der Waals surface area contributed by atoms with Crippen molar-refractivity contribution in [1.82, 2.24) is 9.80 Å². The number of benzene rings is 5. The molecular weight excluding hydrogens is 532 g/mol. The van der Waals surface area contributed by atoms with Crippen molar-refractivity contribution in [1.29, 1.82) is 0 Å². The van der Waals surface area contributed by atoms with Crippen LogP contribution in [0.5, 0.6) is 0 Å². The lowest BCUT2D eigenvalue weighted by Crippen LogP contribution is -2.25. The van der Waals surface area contributed by atoms with Gasteiger partial charge in [0.05, 0.1) is 0 Å². The highest BCUT2D eigenvalue weighted by molar-refractivity contribution is 5.24. The Morgan fingerprint density at radius 3 is 1.00 bits per heavy atom. The molecule has 5 aromatic rings. The summed E-state index contributed by atoms with van der Waals surface area (Å²) in [6, 6.07) is 53.0. The smallest absolute Gasteiger partial charge is 0.0237 e. The minimum Gasteiger partial charge on any atom is -0.295 e. The maximum Gasteiger partial charge on any atom is 0.0237 e. The largest absolute Gasteiger partial charge is 0.295 e. The summed E-state index contributed by atoms with van der Waals surface area (Å²) in [5, 5.41) is 0. The summed E-state index contributed by atoms with van der Waals surface area (Å²) in [4.78, 5) is 5.26. The average molecular weight is 581 g/mol. The van der Waals surface area contributed by atoms with Crippen LogP contribution in [0.15, 0.2) is 146 Å². The quantitative estimate of drug-likeness (QED) is 0.0952. The van der Waals surface area contributed by atoms with Crippen LogP contribution in [-0.2, 0) is 39.0 Å². The van der Waals surface area contributed by atoms with Gasteiger partial charge in [0, 0.05) is 26.2 Å². The zero-order chi connectivity index (χ0) is 30.1. The minimum atomic E-state index is 0.976. The Morgan fingerprint density at radius 2 is 0.614 bits per heavy atom. The third-order valence-electron chi connectivity index (χ3n) is 8.37. The van der Waals surface area contributed by atoms with E-state index in [0.29, 0.717) is 0 Å². The standard InChI is InChI=1S/C42H48N2/c1-5-18-37(19-6-1)22-13-15-30-43(33-39-24-9-3-10-25-39)35-41-28-17-29-42(32-41)36-44(34-40-26-11-4-12-27-40)31-16-14-23-38-20-7-2-8-21-38/h1-12,17-21,24-29,32H,13-16,22-23,30-31,33-36H2. The van der Waals surface area contributed by atoms with Gasteiger partial charge in [0.25, 0.3) is 0 Å². The van der Waals surface area contributed by atoms with E-state index >= 15 is 0 Å². The molecule has 0 saturated carbocycles. The van der Waals surface area contributed by atoms with Crippen molar-refractivity contribution in [3.05, 3.63) is 179 Å². The normalized spacial score (nSPS) is 11.3. The average Bonchev–Trinajstić information content (AvgIpc) is 3.07. The predicted octanol–water partition coefficient (Wildman–Crippen LogP) is 9.74. The Labute approximate surface area is 266 Å². The molecule has 0 saturated heterocycles. The number of aryl methyl sites for hydroxylation is 2.